The van der Waals surface area contributed by atoms with Gasteiger partial charge in [0, 0.05) is 19.2 Å². The number of thiophene rings is 1. The molecule has 0 aliphatic rings. The van der Waals surface area contributed by atoms with Gasteiger partial charge >= 0.3 is 0 Å². The second-order valence-electron chi connectivity index (χ2n) is 4.98. The lowest BCUT2D eigenvalue weighted by Crippen LogP contribution is -2.35. The van der Waals surface area contributed by atoms with Gasteiger partial charge in [0.15, 0.2) is 4.34 Å². The van der Waals surface area contributed by atoms with Crippen molar-refractivity contribution in [3.05, 3.63) is 20.5 Å². The lowest BCUT2D eigenvalue weighted by Gasteiger charge is -2.24. The lowest BCUT2D eigenvalue weighted by atomic mass is 10.1. The van der Waals surface area contributed by atoms with E-state index in [0.717, 1.165) is 6.07 Å². The molecule has 0 radical (unpaired) electrons. The molecule has 0 bridgehead atoms. The molecular weight excluding hydrogens is 324 g/mol. The fraction of sp³-hybridized carbons (Fsp3) is 0.636. The highest BCUT2D eigenvalue weighted by atomic mass is 35.5. The van der Waals surface area contributed by atoms with Crippen molar-refractivity contribution < 1.29 is 13.3 Å². The maximum Gasteiger partial charge on any atom is 0.300 e. The first-order valence-corrected chi connectivity index (χ1v) is 8.62. The molecule has 114 valence electrons. The highest BCUT2D eigenvalue weighted by molar-refractivity contribution is 7.91. The smallest absolute Gasteiger partial charge is 0.258 e. The van der Waals surface area contributed by atoms with Gasteiger partial charge in [0.25, 0.3) is 15.7 Å². The third-order valence-corrected chi connectivity index (χ3v) is 6.67. The van der Waals surface area contributed by atoms with Crippen LogP contribution in [0.1, 0.15) is 27.2 Å². The van der Waals surface area contributed by atoms with Crippen LogP contribution in [0, 0.1) is 16.0 Å². The minimum Gasteiger partial charge on any atom is -0.258 e. The lowest BCUT2D eigenvalue weighted by molar-refractivity contribution is -0.384. The molecule has 1 rings (SSSR count). The van der Waals surface area contributed by atoms with Gasteiger partial charge in [-0.1, -0.05) is 25.4 Å². The Morgan fingerprint density at radius 1 is 1.45 bits per heavy atom. The number of hydrogen-bond donors (Lipinski definition) is 0. The van der Waals surface area contributed by atoms with E-state index in [1.54, 1.807) is 6.92 Å². The third kappa shape index (κ3) is 3.69. The Morgan fingerprint density at radius 3 is 2.40 bits per heavy atom. The molecule has 0 spiro atoms. The quantitative estimate of drug-likeness (QED) is 0.587. The summed E-state index contributed by atoms with van der Waals surface area (Å²) in [4.78, 5) is 10.0. The average molecular weight is 341 g/mol. The van der Waals surface area contributed by atoms with E-state index >= 15 is 0 Å². The molecular formula is C11H17ClN2O4S2. The summed E-state index contributed by atoms with van der Waals surface area (Å²) in [5, 5.41) is 10.7. The van der Waals surface area contributed by atoms with Crippen molar-refractivity contribution in [3.8, 4) is 0 Å². The molecule has 1 aromatic heterocycles. The Kier molecular flexibility index (Phi) is 5.54. The molecule has 0 saturated heterocycles. The molecule has 9 heteroatoms. The van der Waals surface area contributed by atoms with Gasteiger partial charge in [0.2, 0.25) is 0 Å². The largest absolute Gasteiger partial charge is 0.300 e. The first-order chi connectivity index (χ1) is 9.07. The molecule has 0 saturated carbocycles. The molecule has 1 heterocycles. The minimum atomic E-state index is -3.76. The number of halogens is 1. The highest BCUT2D eigenvalue weighted by Gasteiger charge is 2.31. The van der Waals surface area contributed by atoms with Gasteiger partial charge in [-0.05, 0) is 19.3 Å². The normalized spacial score (nSPS) is 13.9. The topological polar surface area (TPSA) is 80.5 Å². The fourth-order valence-electron chi connectivity index (χ4n) is 1.80. The second kappa shape index (κ2) is 6.38. The van der Waals surface area contributed by atoms with E-state index in [0.29, 0.717) is 23.7 Å². The molecule has 1 unspecified atom stereocenters. The Labute approximate surface area is 127 Å². The molecule has 6 nitrogen and oxygen atoms in total. The summed E-state index contributed by atoms with van der Waals surface area (Å²) < 4.78 is 25.8. The summed E-state index contributed by atoms with van der Waals surface area (Å²) >= 11 is 6.42. The van der Waals surface area contributed by atoms with Gasteiger partial charge in [-0.2, -0.15) is 4.31 Å². The van der Waals surface area contributed by atoms with E-state index in [-0.39, 0.29) is 20.3 Å². The van der Waals surface area contributed by atoms with Crippen molar-refractivity contribution in [1.82, 2.24) is 4.31 Å². The molecule has 0 aromatic carbocycles. The van der Waals surface area contributed by atoms with E-state index in [4.69, 9.17) is 11.6 Å². The number of nitrogens with zero attached hydrogens (tertiary/aromatic N) is 2. The Bertz CT molecular complexity index is 598. The maximum atomic E-state index is 12.4. The Hall–Kier alpha value is -0.700. The van der Waals surface area contributed by atoms with Crippen LogP contribution in [0.2, 0.25) is 4.34 Å². The molecule has 1 aromatic rings. The van der Waals surface area contributed by atoms with Gasteiger partial charge < -0.3 is 0 Å². The Morgan fingerprint density at radius 2 is 2.00 bits per heavy atom. The first kappa shape index (κ1) is 17.4. The van der Waals surface area contributed by atoms with Crippen LogP contribution in [0.25, 0.3) is 0 Å². The molecule has 20 heavy (non-hydrogen) atoms. The summed E-state index contributed by atoms with van der Waals surface area (Å²) in [7, 11) is -2.28. The van der Waals surface area contributed by atoms with Crippen molar-refractivity contribution in [2.24, 2.45) is 5.92 Å². The van der Waals surface area contributed by atoms with Crippen LogP contribution in [0.5, 0.6) is 0 Å². The second-order valence-corrected chi connectivity index (χ2v) is 8.86. The summed E-state index contributed by atoms with van der Waals surface area (Å²) in [6, 6.07) is 0.820. The van der Waals surface area contributed by atoms with E-state index in [1.807, 2.05) is 13.8 Å². The van der Waals surface area contributed by atoms with Gasteiger partial charge in [-0.3, -0.25) is 10.1 Å². The molecule has 0 aliphatic heterocycles. The van der Waals surface area contributed by atoms with Crippen molar-refractivity contribution in [2.75, 3.05) is 7.05 Å². The SMILES string of the molecule is CC(C)CC(C)N(C)S(=O)(=O)c1cc([N+](=O)[O-])c(Cl)s1. The highest BCUT2D eigenvalue weighted by Crippen LogP contribution is 2.37. The number of hydrogen-bond acceptors (Lipinski definition) is 5. The zero-order valence-corrected chi connectivity index (χ0v) is 14.0. The minimum absolute atomic E-state index is 0.104. The van der Waals surface area contributed by atoms with Crippen LogP contribution in [0.15, 0.2) is 10.3 Å². The first-order valence-electron chi connectivity index (χ1n) is 5.99. The molecule has 0 aliphatic carbocycles. The molecule has 1 atom stereocenters. The maximum absolute atomic E-state index is 12.4. The molecule has 0 N–H and O–H groups in total. The third-order valence-electron chi connectivity index (χ3n) is 2.91. The standard InChI is InChI=1S/C11H17ClN2O4S2/c1-7(2)5-8(3)13(4)20(17,18)10-6-9(14(15)16)11(12)19-10/h6-8H,5H2,1-4H3. The van der Waals surface area contributed by atoms with Crippen LogP contribution in [0.3, 0.4) is 0 Å². The van der Waals surface area contributed by atoms with Crippen LogP contribution in [0.4, 0.5) is 5.69 Å². The van der Waals surface area contributed by atoms with Gasteiger partial charge in [-0.25, -0.2) is 8.42 Å². The average Bonchev–Trinajstić information content (AvgIpc) is 2.70. The van der Waals surface area contributed by atoms with E-state index in [9.17, 15) is 18.5 Å². The van der Waals surface area contributed by atoms with Crippen molar-refractivity contribution >= 4 is 38.6 Å². The van der Waals surface area contributed by atoms with Crippen molar-refractivity contribution in [1.29, 1.82) is 0 Å². The van der Waals surface area contributed by atoms with E-state index < -0.39 is 14.9 Å². The number of rotatable bonds is 6. The zero-order valence-electron chi connectivity index (χ0n) is 11.7. The predicted octanol–water partition coefficient (Wildman–Crippen LogP) is 3.36. The van der Waals surface area contributed by atoms with Crippen molar-refractivity contribution in [2.45, 2.75) is 37.4 Å². The summed E-state index contributed by atoms with van der Waals surface area (Å²) in [5.41, 5.74) is -0.375. The number of sulfonamides is 1. The fourth-order valence-corrected chi connectivity index (χ4v) is 5.02. The van der Waals surface area contributed by atoms with Crippen LogP contribution >= 0.6 is 22.9 Å². The summed E-state index contributed by atoms with van der Waals surface area (Å²) in [6.45, 7) is 5.81. The molecule has 0 amide bonds. The monoisotopic (exact) mass is 340 g/mol. The van der Waals surface area contributed by atoms with Crippen LogP contribution in [-0.2, 0) is 10.0 Å². The molecule has 0 fully saturated rings. The van der Waals surface area contributed by atoms with Crippen LogP contribution in [-0.4, -0.2) is 30.7 Å². The predicted molar refractivity (Wildman–Crippen MR) is 79.8 cm³/mol. The van der Waals surface area contributed by atoms with Gasteiger partial charge in [0.1, 0.15) is 4.21 Å². The Balaban J connectivity index is 3.10. The van der Waals surface area contributed by atoms with Gasteiger partial charge in [-0.15, -0.1) is 11.3 Å². The zero-order chi connectivity index (χ0) is 15.7. The van der Waals surface area contributed by atoms with Crippen molar-refractivity contribution in [3.63, 3.8) is 0 Å². The van der Waals surface area contributed by atoms with Crippen LogP contribution < -0.4 is 0 Å². The summed E-state index contributed by atoms with van der Waals surface area (Å²) in [5.74, 6) is 0.351. The summed E-state index contributed by atoms with van der Waals surface area (Å²) in [6.07, 6.45) is 0.705. The number of nitro groups is 1. The van der Waals surface area contributed by atoms with E-state index in [2.05, 4.69) is 0 Å². The van der Waals surface area contributed by atoms with E-state index in [1.165, 1.54) is 11.4 Å². The van der Waals surface area contributed by atoms with Gasteiger partial charge in [0.05, 0.1) is 4.92 Å².